The molecule has 0 radical (unpaired) electrons. The van der Waals surface area contributed by atoms with Gasteiger partial charge in [-0.25, -0.2) is 8.42 Å². The molecule has 3 rings (SSSR count). The van der Waals surface area contributed by atoms with Crippen LogP contribution >= 0.6 is 0 Å². The maximum absolute atomic E-state index is 13.4. The minimum absolute atomic E-state index is 0.124. The molecule has 37 heavy (non-hydrogen) atoms. The molecule has 1 N–H and O–H groups in total. The fraction of sp³-hybridized carbons (Fsp3) is 0.517. The van der Waals surface area contributed by atoms with Gasteiger partial charge in [-0.15, -0.1) is 0 Å². The van der Waals surface area contributed by atoms with Crippen LogP contribution in [-0.4, -0.2) is 56.6 Å². The summed E-state index contributed by atoms with van der Waals surface area (Å²) in [4.78, 5) is 28.1. The monoisotopic (exact) mass is 527 g/mol. The molecule has 1 fully saturated rings. The first kappa shape index (κ1) is 28.7. The van der Waals surface area contributed by atoms with Crippen LogP contribution in [0.3, 0.4) is 0 Å². The Morgan fingerprint density at radius 1 is 1.00 bits per heavy atom. The van der Waals surface area contributed by atoms with Crippen LogP contribution in [0.4, 0.5) is 5.69 Å². The standard InChI is InChI=1S/C29H41N3O4S/c1-22-16-17-27(21-23(22)2)32(37(4,35)36)19-10-15-28(33)31(20-18-25-11-6-5-7-12-25)24(3)29(34)30-26-13-8-9-14-26/h5-7,11-12,16-17,21,24,26H,8-10,13-15,18-20H2,1-4H3,(H,30,34)/t24-/m1/s1. The van der Waals surface area contributed by atoms with E-state index >= 15 is 0 Å². The molecular formula is C29H41N3O4S. The van der Waals surface area contributed by atoms with Gasteiger partial charge in [0.2, 0.25) is 21.8 Å². The molecule has 2 aromatic carbocycles. The Bertz CT molecular complexity index is 1160. The molecule has 1 saturated carbocycles. The zero-order valence-electron chi connectivity index (χ0n) is 22.6. The molecule has 0 unspecified atom stereocenters. The minimum atomic E-state index is -3.51. The number of nitrogens with zero attached hydrogens (tertiary/aromatic N) is 2. The highest BCUT2D eigenvalue weighted by Crippen LogP contribution is 2.22. The van der Waals surface area contributed by atoms with Crippen molar-refractivity contribution in [3.63, 3.8) is 0 Å². The van der Waals surface area contributed by atoms with Gasteiger partial charge in [0.25, 0.3) is 0 Å². The lowest BCUT2D eigenvalue weighted by atomic mass is 10.1. The third-order valence-electron chi connectivity index (χ3n) is 7.28. The van der Waals surface area contributed by atoms with Gasteiger partial charge in [0, 0.05) is 25.6 Å². The van der Waals surface area contributed by atoms with Gasteiger partial charge < -0.3 is 10.2 Å². The summed E-state index contributed by atoms with van der Waals surface area (Å²) in [6.07, 6.45) is 6.55. The first-order chi connectivity index (χ1) is 17.6. The second-order valence-electron chi connectivity index (χ2n) is 10.2. The van der Waals surface area contributed by atoms with E-state index in [1.807, 2.05) is 56.3 Å². The summed E-state index contributed by atoms with van der Waals surface area (Å²) in [7, 11) is -3.51. The van der Waals surface area contributed by atoms with Crippen LogP contribution in [0.2, 0.25) is 0 Å². The maximum atomic E-state index is 13.4. The molecule has 202 valence electrons. The fourth-order valence-electron chi connectivity index (χ4n) is 4.85. The van der Waals surface area contributed by atoms with Crippen LogP contribution < -0.4 is 9.62 Å². The number of anilines is 1. The highest BCUT2D eigenvalue weighted by atomic mass is 32.2. The Balaban J connectivity index is 1.68. The number of amides is 2. The number of hydrogen-bond donors (Lipinski definition) is 1. The number of carbonyl (C=O) groups excluding carboxylic acids is 2. The van der Waals surface area contributed by atoms with Gasteiger partial charge in [-0.2, -0.15) is 0 Å². The normalized spacial score (nSPS) is 14.8. The second-order valence-corrected chi connectivity index (χ2v) is 12.1. The zero-order chi connectivity index (χ0) is 27.0. The van der Waals surface area contributed by atoms with E-state index in [2.05, 4.69) is 5.32 Å². The van der Waals surface area contributed by atoms with Gasteiger partial charge in [-0.1, -0.05) is 49.2 Å². The van der Waals surface area contributed by atoms with Crippen molar-refractivity contribution in [1.82, 2.24) is 10.2 Å². The summed E-state index contributed by atoms with van der Waals surface area (Å²) in [5.74, 6) is -0.264. The topological polar surface area (TPSA) is 86.8 Å². The van der Waals surface area contributed by atoms with Crippen molar-refractivity contribution in [1.29, 1.82) is 0 Å². The van der Waals surface area contributed by atoms with Crippen molar-refractivity contribution >= 4 is 27.5 Å². The number of hydrogen-bond acceptors (Lipinski definition) is 4. The lowest BCUT2D eigenvalue weighted by molar-refractivity contribution is -0.140. The van der Waals surface area contributed by atoms with Crippen LogP contribution in [0.1, 0.15) is 62.1 Å². The summed E-state index contributed by atoms with van der Waals surface area (Å²) in [6.45, 7) is 6.34. The molecule has 7 nitrogen and oxygen atoms in total. The summed E-state index contributed by atoms with van der Waals surface area (Å²) in [5.41, 5.74) is 3.80. The number of rotatable bonds is 12. The van der Waals surface area contributed by atoms with Crippen molar-refractivity contribution in [2.24, 2.45) is 0 Å². The number of aryl methyl sites for hydroxylation is 2. The summed E-state index contributed by atoms with van der Waals surface area (Å²) < 4.78 is 26.4. The zero-order valence-corrected chi connectivity index (χ0v) is 23.4. The first-order valence-electron chi connectivity index (χ1n) is 13.2. The molecule has 0 saturated heterocycles. The summed E-state index contributed by atoms with van der Waals surface area (Å²) in [5, 5.41) is 3.12. The molecule has 1 aliphatic carbocycles. The fourth-order valence-corrected chi connectivity index (χ4v) is 5.80. The van der Waals surface area contributed by atoms with E-state index in [1.54, 1.807) is 17.9 Å². The van der Waals surface area contributed by atoms with E-state index in [-0.39, 0.29) is 30.8 Å². The van der Waals surface area contributed by atoms with E-state index in [4.69, 9.17) is 0 Å². The predicted octanol–water partition coefficient (Wildman–Crippen LogP) is 4.37. The molecule has 2 amide bonds. The molecule has 0 aromatic heterocycles. The van der Waals surface area contributed by atoms with E-state index in [1.165, 1.54) is 10.6 Å². The Labute approximate surface area is 222 Å². The SMILES string of the molecule is Cc1ccc(N(CCCC(=O)N(CCc2ccccc2)[C@H](C)C(=O)NC2CCCC2)S(C)(=O)=O)cc1C. The molecule has 1 aliphatic rings. The molecule has 0 bridgehead atoms. The lowest BCUT2D eigenvalue weighted by Gasteiger charge is -2.30. The van der Waals surface area contributed by atoms with Crippen molar-refractivity contribution < 1.29 is 18.0 Å². The van der Waals surface area contributed by atoms with Gasteiger partial charge in [-0.05, 0) is 75.3 Å². The number of sulfonamides is 1. The first-order valence-corrected chi connectivity index (χ1v) is 15.1. The maximum Gasteiger partial charge on any atom is 0.242 e. The Morgan fingerprint density at radius 2 is 1.68 bits per heavy atom. The van der Waals surface area contributed by atoms with Crippen LogP contribution in [0.15, 0.2) is 48.5 Å². The Hall–Kier alpha value is -2.87. The summed E-state index contributed by atoms with van der Waals surface area (Å²) in [6, 6.07) is 15.1. The van der Waals surface area contributed by atoms with Gasteiger partial charge >= 0.3 is 0 Å². The average molecular weight is 528 g/mol. The van der Waals surface area contributed by atoms with Crippen LogP contribution in [0.25, 0.3) is 0 Å². The van der Waals surface area contributed by atoms with Crippen LogP contribution in [0.5, 0.6) is 0 Å². The van der Waals surface area contributed by atoms with E-state index in [0.717, 1.165) is 42.4 Å². The molecule has 2 aromatic rings. The van der Waals surface area contributed by atoms with E-state index in [9.17, 15) is 18.0 Å². The highest BCUT2D eigenvalue weighted by molar-refractivity contribution is 7.92. The van der Waals surface area contributed by atoms with Crippen LogP contribution in [0, 0.1) is 13.8 Å². The second kappa shape index (κ2) is 13.1. The third-order valence-corrected chi connectivity index (χ3v) is 8.48. The molecule has 1 atom stereocenters. The number of benzene rings is 2. The Morgan fingerprint density at radius 3 is 2.30 bits per heavy atom. The minimum Gasteiger partial charge on any atom is -0.352 e. The quantitative estimate of drug-likeness (QED) is 0.444. The van der Waals surface area contributed by atoms with Crippen molar-refractivity contribution in [2.45, 2.75) is 77.8 Å². The lowest BCUT2D eigenvalue weighted by Crippen LogP contribution is -2.50. The van der Waals surface area contributed by atoms with E-state index in [0.29, 0.717) is 25.1 Å². The summed E-state index contributed by atoms with van der Waals surface area (Å²) >= 11 is 0. The predicted molar refractivity (Wildman–Crippen MR) is 149 cm³/mol. The molecule has 0 aliphatic heterocycles. The molecular weight excluding hydrogens is 486 g/mol. The van der Waals surface area contributed by atoms with Crippen molar-refractivity contribution in [3.8, 4) is 0 Å². The Kier molecular flexibility index (Phi) is 10.1. The molecule has 0 spiro atoms. The van der Waals surface area contributed by atoms with Crippen molar-refractivity contribution in [3.05, 3.63) is 65.2 Å². The van der Waals surface area contributed by atoms with Gasteiger partial charge in [0.1, 0.15) is 6.04 Å². The number of nitrogens with one attached hydrogen (secondary N) is 1. The third kappa shape index (κ3) is 8.32. The number of carbonyl (C=O) groups is 2. The van der Waals surface area contributed by atoms with Crippen molar-refractivity contribution in [2.75, 3.05) is 23.7 Å². The van der Waals surface area contributed by atoms with Gasteiger partial charge in [-0.3, -0.25) is 13.9 Å². The average Bonchev–Trinajstić information content (AvgIpc) is 3.36. The van der Waals surface area contributed by atoms with E-state index < -0.39 is 16.1 Å². The molecule has 0 heterocycles. The molecule has 8 heteroatoms. The van der Waals surface area contributed by atoms with Gasteiger partial charge in [0.15, 0.2) is 0 Å². The smallest absolute Gasteiger partial charge is 0.242 e. The van der Waals surface area contributed by atoms with Crippen LogP contribution in [-0.2, 0) is 26.0 Å². The van der Waals surface area contributed by atoms with Gasteiger partial charge in [0.05, 0.1) is 11.9 Å². The highest BCUT2D eigenvalue weighted by Gasteiger charge is 2.28. The largest absolute Gasteiger partial charge is 0.352 e.